The highest BCUT2D eigenvalue weighted by molar-refractivity contribution is 5.03. The van der Waals surface area contributed by atoms with Crippen molar-refractivity contribution in [3.8, 4) is 0 Å². The van der Waals surface area contributed by atoms with Crippen LogP contribution in [-0.2, 0) is 6.54 Å². The fourth-order valence-corrected chi connectivity index (χ4v) is 1.51. The Balaban J connectivity index is 2.51. The number of hydrogen-bond donors (Lipinski definition) is 1. The standard InChI is InChI=1S/C12H21N3/c1-11(2)15(9-5-7-13)10-12-6-3-4-8-14-12/h3-4,6,8,11H,5,7,9-10,13H2,1-2H3. The molecular weight excluding hydrogens is 186 g/mol. The van der Waals surface area contributed by atoms with Gasteiger partial charge in [-0.15, -0.1) is 0 Å². The van der Waals surface area contributed by atoms with Gasteiger partial charge in [-0.1, -0.05) is 6.07 Å². The molecule has 3 nitrogen and oxygen atoms in total. The number of pyridine rings is 1. The maximum atomic E-state index is 5.53. The minimum absolute atomic E-state index is 0.540. The van der Waals surface area contributed by atoms with E-state index in [1.165, 1.54) is 0 Å². The van der Waals surface area contributed by atoms with Gasteiger partial charge in [0.25, 0.3) is 0 Å². The molecule has 0 saturated carbocycles. The molecule has 1 aromatic heterocycles. The largest absolute Gasteiger partial charge is 0.330 e. The molecule has 1 rings (SSSR count). The molecule has 0 aliphatic rings. The third-order valence-corrected chi connectivity index (χ3v) is 2.47. The molecule has 1 heterocycles. The maximum absolute atomic E-state index is 5.53. The van der Waals surface area contributed by atoms with Crippen molar-refractivity contribution >= 4 is 0 Å². The fraction of sp³-hybridized carbons (Fsp3) is 0.583. The molecule has 0 spiro atoms. The van der Waals surface area contributed by atoms with Crippen LogP contribution in [0, 0.1) is 0 Å². The molecule has 84 valence electrons. The van der Waals surface area contributed by atoms with E-state index in [0.717, 1.165) is 31.7 Å². The molecule has 0 unspecified atom stereocenters. The van der Waals surface area contributed by atoms with E-state index in [0.29, 0.717) is 6.04 Å². The van der Waals surface area contributed by atoms with E-state index >= 15 is 0 Å². The van der Waals surface area contributed by atoms with Crippen LogP contribution in [0.1, 0.15) is 26.0 Å². The predicted octanol–water partition coefficient (Wildman–Crippen LogP) is 1.64. The van der Waals surface area contributed by atoms with Crippen molar-refractivity contribution < 1.29 is 0 Å². The lowest BCUT2D eigenvalue weighted by molar-refractivity contribution is 0.209. The highest BCUT2D eigenvalue weighted by Crippen LogP contribution is 2.06. The van der Waals surface area contributed by atoms with Crippen molar-refractivity contribution in [2.75, 3.05) is 13.1 Å². The Hall–Kier alpha value is -0.930. The summed E-state index contributed by atoms with van der Waals surface area (Å²) in [4.78, 5) is 6.73. The fourth-order valence-electron chi connectivity index (χ4n) is 1.51. The van der Waals surface area contributed by atoms with E-state index in [1.807, 2.05) is 18.3 Å². The summed E-state index contributed by atoms with van der Waals surface area (Å²) in [5.74, 6) is 0. The van der Waals surface area contributed by atoms with Gasteiger partial charge in [-0.05, 0) is 38.9 Å². The van der Waals surface area contributed by atoms with Crippen LogP contribution in [0.15, 0.2) is 24.4 Å². The zero-order chi connectivity index (χ0) is 11.1. The van der Waals surface area contributed by atoms with Crippen LogP contribution in [0.4, 0.5) is 0 Å². The van der Waals surface area contributed by atoms with Crippen LogP contribution in [0.25, 0.3) is 0 Å². The van der Waals surface area contributed by atoms with Crippen molar-refractivity contribution in [1.82, 2.24) is 9.88 Å². The van der Waals surface area contributed by atoms with Gasteiger partial charge < -0.3 is 5.73 Å². The number of rotatable bonds is 6. The molecule has 0 aliphatic heterocycles. The van der Waals surface area contributed by atoms with E-state index in [2.05, 4.69) is 29.8 Å². The van der Waals surface area contributed by atoms with E-state index < -0.39 is 0 Å². The predicted molar refractivity (Wildman–Crippen MR) is 63.5 cm³/mol. The zero-order valence-electron chi connectivity index (χ0n) is 9.69. The third kappa shape index (κ3) is 4.40. The zero-order valence-corrected chi connectivity index (χ0v) is 9.69. The minimum atomic E-state index is 0.540. The second-order valence-corrected chi connectivity index (χ2v) is 4.03. The summed E-state index contributed by atoms with van der Waals surface area (Å²) in [5.41, 5.74) is 6.66. The van der Waals surface area contributed by atoms with Gasteiger partial charge in [-0.2, -0.15) is 0 Å². The Bertz CT molecular complexity index is 259. The average Bonchev–Trinajstić information content (AvgIpc) is 2.25. The van der Waals surface area contributed by atoms with Gasteiger partial charge in [0.1, 0.15) is 0 Å². The number of hydrogen-bond acceptors (Lipinski definition) is 3. The quantitative estimate of drug-likeness (QED) is 0.771. The van der Waals surface area contributed by atoms with Crippen molar-refractivity contribution in [2.45, 2.75) is 32.9 Å². The molecular formula is C12H21N3. The molecule has 3 heteroatoms. The van der Waals surface area contributed by atoms with E-state index in [4.69, 9.17) is 5.73 Å². The molecule has 0 aromatic carbocycles. The summed E-state index contributed by atoms with van der Waals surface area (Å²) in [7, 11) is 0. The summed E-state index contributed by atoms with van der Waals surface area (Å²) in [6.07, 6.45) is 2.89. The van der Waals surface area contributed by atoms with Crippen molar-refractivity contribution in [2.24, 2.45) is 5.73 Å². The van der Waals surface area contributed by atoms with Crippen molar-refractivity contribution in [3.63, 3.8) is 0 Å². The van der Waals surface area contributed by atoms with Crippen LogP contribution < -0.4 is 5.73 Å². The normalized spacial score (nSPS) is 11.3. The number of nitrogens with two attached hydrogens (primary N) is 1. The Kier molecular flexibility index (Phi) is 5.29. The highest BCUT2D eigenvalue weighted by Gasteiger charge is 2.09. The molecule has 0 saturated heterocycles. The van der Waals surface area contributed by atoms with Gasteiger partial charge in [-0.3, -0.25) is 9.88 Å². The Morgan fingerprint density at radius 3 is 2.73 bits per heavy atom. The van der Waals surface area contributed by atoms with Gasteiger partial charge in [0.2, 0.25) is 0 Å². The van der Waals surface area contributed by atoms with Crippen LogP contribution in [0.2, 0.25) is 0 Å². The summed E-state index contributed by atoms with van der Waals surface area (Å²) in [6, 6.07) is 6.59. The average molecular weight is 207 g/mol. The summed E-state index contributed by atoms with van der Waals surface area (Å²) in [5, 5.41) is 0. The lowest BCUT2D eigenvalue weighted by Gasteiger charge is -2.25. The second-order valence-electron chi connectivity index (χ2n) is 4.03. The maximum Gasteiger partial charge on any atom is 0.0544 e. The molecule has 2 N–H and O–H groups in total. The van der Waals surface area contributed by atoms with E-state index in [-0.39, 0.29) is 0 Å². The van der Waals surface area contributed by atoms with Crippen molar-refractivity contribution in [1.29, 1.82) is 0 Å². The van der Waals surface area contributed by atoms with Crippen molar-refractivity contribution in [3.05, 3.63) is 30.1 Å². The molecule has 0 amide bonds. The van der Waals surface area contributed by atoms with E-state index in [1.54, 1.807) is 0 Å². The van der Waals surface area contributed by atoms with Gasteiger partial charge in [0.15, 0.2) is 0 Å². The molecule has 0 aliphatic carbocycles. The van der Waals surface area contributed by atoms with E-state index in [9.17, 15) is 0 Å². The Labute approximate surface area is 92.3 Å². The van der Waals surface area contributed by atoms with Crippen LogP contribution in [-0.4, -0.2) is 29.0 Å². The summed E-state index contributed by atoms with van der Waals surface area (Å²) < 4.78 is 0. The molecule has 0 fully saturated rings. The highest BCUT2D eigenvalue weighted by atomic mass is 15.1. The first-order valence-corrected chi connectivity index (χ1v) is 5.58. The molecule has 0 atom stereocenters. The molecule has 0 radical (unpaired) electrons. The first kappa shape index (κ1) is 12.1. The topological polar surface area (TPSA) is 42.1 Å². The van der Waals surface area contributed by atoms with Gasteiger partial charge in [-0.25, -0.2) is 0 Å². The first-order chi connectivity index (χ1) is 7.24. The minimum Gasteiger partial charge on any atom is -0.330 e. The molecule has 1 aromatic rings. The summed E-state index contributed by atoms with van der Waals surface area (Å²) in [6.45, 7) is 7.13. The third-order valence-electron chi connectivity index (χ3n) is 2.47. The SMILES string of the molecule is CC(C)N(CCCN)Cc1ccccn1. The monoisotopic (exact) mass is 207 g/mol. The molecule has 0 bridgehead atoms. The number of nitrogens with zero attached hydrogens (tertiary/aromatic N) is 2. The molecule has 15 heavy (non-hydrogen) atoms. The van der Waals surface area contributed by atoms with Crippen LogP contribution >= 0.6 is 0 Å². The second kappa shape index (κ2) is 6.53. The Morgan fingerprint density at radius 2 is 2.20 bits per heavy atom. The lowest BCUT2D eigenvalue weighted by atomic mass is 10.2. The lowest BCUT2D eigenvalue weighted by Crippen LogP contribution is -2.32. The van der Waals surface area contributed by atoms with Gasteiger partial charge in [0, 0.05) is 25.3 Å². The Morgan fingerprint density at radius 1 is 1.40 bits per heavy atom. The van der Waals surface area contributed by atoms with Crippen LogP contribution in [0.3, 0.4) is 0 Å². The number of aromatic nitrogens is 1. The summed E-state index contributed by atoms with van der Waals surface area (Å²) >= 11 is 0. The van der Waals surface area contributed by atoms with Gasteiger partial charge in [0.05, 0.1) is 5.69 Å². The van der Waals surface area contributed by atoms with Crippen LogP contribution in [0.5, 0.6) is 0 Å². The smallest absolute Gasteiger partial charge is 0.0544 e. The first-order valence-electron chi connectivity index (χ1n) is 5.58. The van der Waals surface area contributed by atoms with Gasteiger partial charge >= 0.3 is 0 Å².